The van der Waals surface area contributed by atoms with Gasteiger partial charge in [-0.05, 0) is 32.3 Å². The molecule has 0 aromatic carbocycles. The molecule has 0 saturated heterocycles. The number of hydrogen-bond donors (Lipinski definition) is 0. The van der Waals surface area contributed by atoms with Crippen molar-refractivity contribution in [1.29, 1.82) is 0 Å². The van der Waals surface area contributed by atoms with E-state index in [1.54, 1.807) is 0 Å². The van der Waals surface area contributed by atoms with Gasteiger partial charge in [0.1, 0.15) is 0 Å². The van der Waals surface area contributed by atoms with E-state index in [4.69, 9.17) is 0 Å². The first-order valence-corrected chi connectivity index (χ1v) is 5.24. The van der Waals surface area contributed by atoms with Crippen molar-refractivity contribution in [2.75, 3.05) is 6.54 Å². The monoisotopic (exact) mass is 181 g/mol. The topological polar surface area (TPSA) is 3.24 Å². The molecule has 0 aromatic rings. The maximum atomic E-state index is 3.20. The van der Waals surface area contributed by atoms with Gasteiger partial charge in [0, 0.05) is 18.8 Å². The highest BCUT2D eigenvalue weighted by Gasteiger charge is 2.05. The number of rotatable bonds is 5. The Morgan fingerprint density at radius 3 is 2.23 bits per heavy atom. The van der Waals surface area contributed by atoms with Crippen LogP contribution in [0.15, 0.2) is 18.0 Å². The molecule has 76 valence electrons. The van der Waals surface area contributed by atoms with Crippen molar-refractivity contribution in [3.05, 3.63) is 18.0 Å². The minimum atomic E-state index is 0.570. The zero-order chi connectivity index (χ0) is 10.3. The predicted molar refractivity (Wildman–Crippen MR) is 59.6 cm³/mol. The molecule has 0 bridgehead atoms. The van der Waals surface area contributed by atoms with Crippen LogP contribution in [0.1, 0.15) is 41.0 Å². The lowest BCUT2D eigenvalue weighted by atomic mass is 10.2. The van der Waals surface area contributed by atoms with Gasteiger partial charge in [-0.1, -0.05) is 20.8 Å². The van der Waals surface area contributed by atoms with Crippen molar-refractivity contribution < 1.29 is 0 Å². The molecule has 0 radical (unpaired) electrons. The van der Waals surface area contributed by atoms with Crippen LogP contribution in [0.4, 0.5) is 0 Å². The summed E-state index contributed by atoms with van der Waals surface area (Å²) in [6.07, 6.45) is 5.20. The molecule has 13 heavy (non-hydrogen) atoms. The van der Waals surface area contributed by atoms with E-state index in [-0.39, 0.29) is 0 Å². The molecule has 0 aliphatic heterocycles. The van der Waals surface area contributed by atoms with Crippen LogP contribution in [0.2, 0.25) is 0 Å². The third kappa shape index (κ3) is 6.48. The lowest BCUT2D eigenvalue weighted by Crippen LogP contribution is -2.28. The number of allylic oxidation sites excluding steroid dienone is 1. The van der Waals surface area contributed by atoms with Gasteiger partial charge in [-0.15, -0.1) is 5.73 Å². The fourth-order valence-corrected chi connectivity index (χ4v) is 1.10. The van der Waals surface area contributed by atoms with Crippen molar-refractivity contribution in [3.63, 3.8) is 0 Å². The minimum Gasteiger partial charge on any atom is -0.368 e. The number of nitrogens with zero attached hydrogens (tertiary/aromatic N) is 1. The van der Waals surface area contributed by atoms with Gasteiger partial charge < -0.3 is 4.90 Å². The molecule has 0 atom stereocenters. The third-order valence-electron chi connectivity index (χ3n) is 1.80. The molecule has 0 aliphatic rings. The highest BCUT2D eigenvalue weighted by atomic mass is 15.1. The summed E-state index contributed by atoms with van der Waals surface area (Å²) in [4.78, 5) is 2.33. The van der Waals surface area contributed by atoms with Gasteiger partial charge in [0.25, 0.3) is 0 Å². The maximum Gasteiger partial charge on any atom is 0.0422 e. The van der Waals surface area contributed by atoms with Gasteiger partial charge in [0.15, 0.2) is 0 Å². The van der Waals surface area contributed by atoms with Crippen molar-refractivity contribution in [2.24, 2.45) is 5.92 Å². The van der Waals surface area contributed by atoms with E-state index in [0.717, 1.165) is 13.0 Å². The zero-order valence-electron chi connectivity index (χ0n) is 9.67. The smallest absolute Gasteiger partial charge is 0.0422 e. The largest absolute Gasteiger partial charge is 0.368 e. The van der Waals surface area contributed by atoms with Crippen LogP contribution in [0.5, 0.6) is 0 Å². The van der Waals surface area contributed by atoms with Crippen LogP contribution < -0.4 is 0 Å². The van der Waals surface area contributed by atoms with Gasteiger partial charge in [-0.25, -0.2) is 0 Å². The Labute approximate surface area is 83.1 Å². The molecular weight excluding hydrogens is 158 g/mol. The Hall–Kier alpha value is -0.680. The molecule has 0 rings (SSSR count). The standard InChI is InChI=1S/C12H23N/c1-6-7-8-9-13(12(4)5)10-11(2)3/h7,9,11-12H,6,10H2,1-5H3. The van der Waals surface area contributed by atoms with E-state index in [1.807, 2.05) is 0 Å². The van der Waals surface area contributed by atoms with E-state index >= 15 is 0 Å². The summed E-state index contributed by atoms with van der Waals surface area (Å²) in [5.74, 6) is 0.710. The average molecular weight is 181 g/mol. The summed E-state index contributed by atoms with van der Waals surface area (Å²) >= 11 is 0. The minimum absolute atomic E-state index is 0.570. The van der Waals surface area contributed by atoms with Crippen LogP contribution in [0.3, 0.4) is 0 Å². The number of hydrogen-bond acceptors (Lipinski definition) is 1. The van der Waals surface area contributed by atoms with E-state index < -0.39 is 0 Å². The first-order chi connectivity index (χ1) is 6.07. The van der Waals surface area contributed by atoms with Crippen LogP contribution in [0, 0.1) is 5.92 Å². The van der Waals surface area contributed by atoms with Crippen molar-refractivity contribution >= 4 is 0 Å². The molecule has 0 N–H and O–H groups in total. The zero-order valence-corrected chi connectivity index (χ0v) is 9.67. The van der Waals surface area contributed by atoms with E-state index in [1.165, 1.54) is 0 Å². The van der Waals surface area contributed by atoms with Gasteiger partial charge >= 0.3 is 0 Å². The summed E-state index contributed by atoms with van der Waals surface area (Å²) in [7, 11) is 0. The molecule has 0 spiro atoms. The normalized spacial score (nSPS) is 10.1. The van der Waals surface area contributed by atoms with Crippen LogP contribution in [-0.4, -0.2) is 17.5 Å². The van der Waals surface area contributed by atoms with Crippen molar-refractivity contribution in [2.45, 2.75) is 47.1 Å². The Balaban J connectivity index is 4.18. The molecule has 0 amide bonds. The molecular formula is C12H23N. The lowest BCUT2D eigenvalue weighted by molar-refractivity contribution is 0.278. The summed E-state index contributed by atoms with van der Waals surface area (Å²) < 4.78 is 0. The highest BCUT2D eigenvalue weighted by Crippen LogP contribution is 2.03. The summed E-state index contributed by atoms with van der Waals surface area (Å²) in [6, 6.07) is 0.570. The average Bonchev–Trinajstić information content (AvgIpc) is 2.02. The molecule has 0 fully saturated rings. The molecule has 1 nitrogen and oxygen atoms in total. The molecule has 0 saturated carbocycles. The molecule has 0 unspecified atom stereocenters. The first kappa shape index (κ1) is 12.3. The second-order valence-corrected chi connectivity index (χ2v) is 4.09. The van der Waals surface area contributed by atoms with Crippen molar-refractivity contribution in [1.82, 2.24) is 4.90 Å². The molecule has 0 aromatic heterocycles. The van der Waals surface area contributed by atoms with E-state index in [9.17, 15) is 0 Å². The highest BCUT2D eigenvalue weighted by molar-refractivity contribution is 4.86. The molecule has 1 heteroatoms. The van der Waals surface area contributed by atoms with Crippen LogP contribution in [-0.2, 0) is 0 Å². The van der Waals surface area contributed by atoms with E-state index in [0.29, 0.717) is 12.0 Å². The maximum absolute atomic E-state index is 3.20. The van der Waals surface area contributed by atoms with Gasteiger partial charge in [0.05, 0.1) is 0 Å². The SMILES string of the molecule is CCC=C=CN(CC(C)C)C(C)C. The lowest BCUT2D eigenvalue weighted by Gasteiger charge is -2.25. The van der Waals surface area contributed by atoms with E-state index in [2.05, 4.69) is 57.5 Å². The fourth-order valence-electron chi connectivity index (χ4n) is 1.10. The molecule has 0 aliphatic carbocycles. The van der Waals surface area contributed by atoms with Crippen LogP contribution >= 0.6 is 0 Å². The summed E-state index contributed by atoms with van der Waals surface area (Å²) in [6.45, 7) is 12.2. The molecule has 0 heterocycles. The Bertz CT molecular complexity index is 174. The van der Waals surface area contributed by atoms with Gasteiger partial charge in [-0.3, -0.25) is 0 Å². The Morgan fingerprint density at radius 1 is 1.23 bits per heavy atom. The fraction of sp³-hybridized carbons (Fsp3) is 0.750. The Morgan fingerprint density at radius 2 is 1.85 bits per heavy atom. The van der Waals surface area contributed by atoms with Gasteiger partial charge in [-0.2, -0.15) is 0 Å². The predicted octanol–water partition coefficient (Wildman–Crippen LogP) is 3.43. The Kier molecular flexibility index (Phi) is 6.44. The quantitative estimate of drug-likeness (QED) is 0.587. The second-order valence-electron chi connectivity index (χ2n) is 4.09. The summed E-state index contributed by atoms with van der Waals surface area (Å²) in [5, 5.41) is 0. The van der Waals surface area contributed by atoms with Gasteiger partial charge in [0.2, 0.25) is 0 Å². The van der Waals surface area contributed by atoms with Crippen LogP contribution in [0.25, 0.3) is 0 Å². The first-order valence-electron chi connectivity index (χ1n) is 5.24. The van der Waals surface area contributed by atoms with Crippen molar-refractivity contribution in [3.8, 4) is 0 Å². The third-order valence-corrected chi connectivity index (χ3v) is 1.80. The second kappa shape index (κ2) is 6.80. The summed E-state index contributed by atoms with van der Waals surface area (Å²) in [5.41, 5.74) is 3.20.